The number of methoxy groups -OCH3 is 3. The summed E-state index contributed by atoms with van der Waals surface area (Å²) in [5.41, 5.74) is 2.75. The fraction of sp³-hybridized carbons (Fsp3) is 0.0833. The van der Waals surface area contributed by atoms with Gasteiger partial charge < -0.3 is 35.1 Å². The zero-order valence-corrected chi connectivity index (χ0v) is 35.5. The Balaban J connectivity index is 0.000000198. The van der Waals surface area contributed by atoms with E-state index in [-0.39, 0.29) is 15.8 Å². The summed E-state index contributed by atoms with van der Waals surface area (Å²) in [6.45, 7) is 0. The number of H-pyrrole nitrogens is 2. The minimum atomic E-state index is -3.53. The second kappa shape index (κ2) is 21.1. The van der Waals surface area contributed by atoms with Crippen molar-refractivity contribution in [3.05, 3.63) is 129 Å². The number of nitrogens with zero attached hydrogens (tertiary/aromatic N) is 4. The van der Waals surface area contributed by atoms with Gasteiger partial charge in [-0.3, -0.25) is 3.97 Å². The van der Waals surface area contributed by atoms with Crippen LogP contribution in [0.25, 0.3) is 33.1 Å². The number of hydrogen-bond donors (Lipinski definition) is 2. The third-order valence-electron chi connectivity index (χ3n) is 7.05. The Labute approximate surface area is 347 Å². The smallest absolute Gasteiger partial charge is 0.261 e. The fourth-order valence-electron chi connectivity index (χ4n) is 4.48. The number of pyridine rings is 3. The zero-order valence-electron chi connectivity index (χ0n) is 28.8. The monoisotopic (exact) mass is 1020 g/mol. The molecule has 284 valence electrons. The Kier molecular flexibility index (Phi) is 17.3. The number of halogens is 3. The molecule has 6 N–H and O–H groups in total. The van der Waals surface area contributed by atoms with Crippen LogP contribution >= 0.6 is 67.8 Å². The van der Waals surface area contributed by atoms with Gasteiger partial charge in [0.05, 0.1) is 44.8 Å². The van der Waals surface area contributed by atoms with Crippen molar-refractivity contribution in [2.45, 2.75) is 9.79 Å². The van der Waals surface area contributed by atoms with Crippen LogP contribution in [0.1, 0.15) is 0 Å². The number of rotatable bonds is 6. The number of ether oxygens (including phenoxy) is 3. The van der Waals surface area contributed by atoms with Crippen molar-refractivity contribution < 1.29 is 33.6 Å². The highest BCUT2D eigenvalue weighted by molar-refractivity contribution is 14.1. The quantitative estimate of drug-likeness (QED) is 0.123. The molecule has 0 atom stereocenters. The zero-order chi connectivity index (χ0) is 37.1. The number of benzene rings is 2. The van der Waals surface area contributed by atoms with Crippen LogP contribution < -0.4 is 14.2 Å². The summed E-state index contributed by atoms with van der Waals surface area (Å²) >= 11 is 6.24. The van der Waals surface area contributed by atoms with Gasteiger partial charge in [-0.15, -0.1) is 0 Å². The van der Waals surface area contributed by atoms with Gasteiger partial charge in [0.15, 0.2) is 5.65 Å². The van der Waals surface area contributed by atoms with Gasteiger partial charge >= 0.3 is 0 Å². The van der Waals surface area contributed by atoms with Crippen LogP contribution in [0.3, 0.4) is 0 Å². The second-order valence-corrected chi connectivity index (χ2v) is 16.3. The molecule has 0 spiro atoms. The molecule has 0 saturated carbocycles. The summed E-state index contributed by atoms with van der Waals surface area (Å²) in [7, 11) is 6.43. The highest BCUT2D eigenvalue weighted by Crippen LogP contribution is 2.31. The van der Waals surface area contributed by atoms with Crippen molar-refractivity contribution >= 4 is 110 Å². The van der Waals surface area contributed by atoms with Crippen molar-refractivity contribution in [1.29, 1.82) is 0 Å². The summed E-state index contributed by atoms with van der Waals surface area (Å²) in [6.07, 6.45) is 11.0. The second-order valence-electron chi connectivity index (χ2n) is 10.4. The molecule has 0 bridgehead atoms. The van der Waals surface area contributed by atoms with Crippen LogP contribution in [0, 0.1) is 7.14 Å². The van der Waals surface area contributed by atoms with E-state index in [0.717, 1.165) is 53.9 Å². The van der Waals surface area contributed by atoms with E-state index in [1.807, 2.05) is 54.9 Å². The summed E-state index contributed by atoms with van der Waals surface area (Å²) in [4.78, 5) is 20.2. The molecule has 13 nitrogen and oxygen atoms in total. The van der Waals surface area contributed by atoms with E-state index in [9.17, 15) is 8.42 Å². The molecule has 0 amide bonds. The predicted molar refractivity (Wildman–Crippen MR) is 231 cm³/mol. The molecule has 0 radical (unpaired) electrons. The lowest BCUT2D eigenvalue weighted by Crippen LogP contribution is -1.89. The van der Waals surface area contributed by atoms with Gasteiger partial charge in [0.1, 0.15) is 28.5 Å². The van der Waals surface area contributed by atoms with Gasteiger partial charge in [0, 0.05) is 57.5 Å². The van der Waals surface area contributed by atoms with Crippen LogP contribution in [0.4, 0.5) is 0 Å². The average Bonchev–Trinajstić information content (AvgIpc) is 3.89. The molecule has 54 heavy (non-hydrogen) atoms. The SMILES string of the molecule is COc1cnc2[nH]cc(I)c2c1.COc1cnc2[nH]ccc2c1.COc1cnc2c(c1)c(I)cn2Sc1ccccc1.O.O.O=S(=O)(Cl)c1ccccc1. The van der Waals surface area contributed by atoms with E-state index >= 15 is 0 Å². The molecule has 0 aliphatic carbocycles. The molecule has 0 fully saturated rings. The molecule has 6 aromatic heterocycles. The van der Waals surface area contributed by atoms with E-state index in [2.05, 4.69) is 92.4 Å². The van der Waals surface area contributed by atoms with E-state index in [4.69, 9.17) is 24.9 Å². The van der Waals surface area contributed by atoms with Crippen LogP contribution in [0.15, 0.2) is 132 Å². The third-order valence-corrected chi connectivity index (χ3v) is 11.1. The number of aromatic amines is 2. The topological polar surface area (TPSA) is 200 Å². The maximum Gasteiger partial charge on any atom is 0.261 e. The summed E-state index contributed by atoms with van der Waals surface area (Å²) < 4.78 is 40.9. The van der Waals surface area contributed by atoms with Gasteiger partial charge in [0.2, 0.25) is 0 Å². The lowest BCUT2D eigenvalue weighted by Gasteiger charge is -2.04. The maximum atomic E-state index is 10.6. The highest BCUT2D eigenvalue weighted by atomic mass is 127. The molecule has 18 heteroatoms. The molecule has 0 aliphatic heterocycles. The third kappa shape index (κ3) is 11.9. The summed E-state index contributed by atoms with van der Waals surface area (Å²) in [6, 6.07) is 26.0. The molecule has 8 aromatic rings. The van der Waals surface area contributed by atoms with Gasteiger partial charge in [-0.1, -0.05) is 36.4 Å². The average molecular weight is 1020 g/mol. The molecule has 8 rings (SSSR count). The normalized spacial score (nSPS) is 10.3. The van der Waals surface area contributed by atoms with Crippen molar-refractivity contribution in [3.63, 3.8) is 0 Å². The number of fused-ring (bicyclic) bond motifs is 3. The minimum Gasteiger partial charge on any atom is -0.495 e. The molecule has 0 unspecified atom stereocenters. The molecular weight excluding hydrogens is 982 g/mol. The van der Waals surface area contributed by atoms with Crippen molar-refractivity contribution in [2.75, 3.05) is 21.3 Å². The van der Waals surface area contributed by atoms with E-state index in [0.29, 0.717) is 0 Å². The molecular formula is C36H35ClI2N6O7S2. The first kappa shape index (κ1) is 44.3. The van der Waals surface area contributed by atoms with Gasteiger partial charge in [-0.05, 0) is 106 Å². The first-order valence-corrected chi connectivity index (χ1v) is 20.4. The van der Waals surface area contributed by atoms with Crippen LogP contribution in [-0.4, -0.2) is 69.6 Å². The lowest BCUT2D eigenvalue weighted by atomic mass is 10.3. The van der Waals surface area contributed by atoms with E-state index < -0.39 is 9.05 Å². The number of aromatic nitrogens is 6. The first-order valence-electron chi connectivity index (χ1n) is 15.2. The Morgan fingerprint density at radius 2 is 1.26 bits per heavy atom. The molecule has 2 aromatic carbocycles. The number of hydrogen-bond acceptors (Lipinski definition) is 9. The van der Waals surface area contributed by atoms with Crippen molar-refractivity contribution in [2.24, 2.45) is 0 Å². The molecule has 6 heterocycles. The van der Waals surface area contributed by atoms with Crippen LogP contribution in [0.5, 0.6) is 17.2 Å². The molecule has 0 aliphatic rings. The summed E-state index contributed by atoms with van der Waals surface area (Å²) in [5.74, 6) is 2.37. The van der Waals surface area contributed by atoms with E-state index in [1.54, 1.807) is 70.1 Å². The van der Waals surface area contributed by atoms with Gasteiger partial charge in [-0.2, -0.15) is 0 Å². The molecule has 0 saturated heterocycles. The highest BCUT2D eigenvalue weighted by Gasteiger charge is 2.10. The minimum absolute atomic E-state index is 0. The van der Waals surface area contributed by atoms with Crippen molar-refractivity contribution in [1.82, 2.24) is 28.9 Å². The Hall–Kier alpha value is -4.12. The van der Waals surface area contributed by atoms with E-state index in [1.165, 1.54) is 20.6 Å². The Bertz CT molecular complexity index is 2490. The summed E-state index contributed by atoms with van der Waals surface area (Å²) in [5, 5.41) is 3.29. The van der Waals surface area contributed by atoms with Gasteiger partial charge in [-0.25, -0.2) is 23.4 Å². The first-order chi connectivity index (χ1) is 25.1. The predicted octanol–water partition coefficient (Wildman–Crippen LogP) is 7.92. The van der Waals surface area contributed by atoms with Gasteiger partial charge in [0.25, 0.3) is 9.05 Å². The fourth-order valence-corrected chi connectivity index (χ4v) is 7.60. The van der Waals surface area contributed by atoms with Crippen LogP contribution in [0.2, 0.25) is 0 Å². The Morgan fingerprint density at radius 3 is 1.85 bits per heavy atom. The largest absolute Gasteiger partial charge is 0.495 e. The van der Waals surface area contributed by atoms with Crippen LogP contribution in [-0.2, 0) is 9.05 Å². The number of nitrogens with one attached hydrogen (secondary N) is 2. The lowest BCUT2D eigenvalue weighted by molar-refractivity contribution is 0.413. The van der Waals surface area contributed by atoms with Crippen molar-refractivity contribution in [3.8, 4) is 17.2 Å². The Morgan fingerprint density at radius 1 is 0.704 bits per heavy atom. The maximum absolute atomic E-state index is 10.6. The standard InChI is InChI=1S/C14H11IN2OS.C8H7IN2O.C8H8N2O.C6H5ClO2S.2H2O/c1-18-10-7-12-13(15)9-17(14(12)16-8-10)19-11-5-3-2-4-6-11;1-12-5-2-6-7(9)4-11-8(6)10-3-5;1-11-7-4-6-2-3-9-8(6)10-5-7;7-10(8,9)6-4-2-1-3-5-6;;/h2-9H,1H3;2-4H,1H3,(H,10,11);2-5H,1H3,(H,9,10);1-5H;2*1H2.